The van der Waals surface area contributed by atoms with Crippen molar-refractivity contribution in [1.82, 2.24) is 14.9 Å². The lowest BCUT2D eigenvalue weighted by atomic mass is 9.78. The number of nitrogen functional groups attached to an aromatic ring is 1. The molecule has 8 heteroatoms. The highest BCUT2D eigenvalue weighted by Gasteiger charge is 2.29. The van der Waals surface area contributed by atoms with E-state index in [1.807, 2.05) is 0 Å². The predicted molar refractivity (Wildman–Crippen MR) is 114 cm³/mol. The summed E-state index contributed by atoms with van der Waals surface area (Å²) < 4.78 is 0. The Labute approximate surface area is 169 Å². The van der Waals surface area contributed by atoms with Crippen molar-refractivity contribution in [3.63, 3.8) is 0 Å². The number of hydrogen-bond donors (Lipinski definition) is 2. The van der Waals surface area contributed by atoms with E-state index in [1.54, 1.807) is 0 Å². The number of anilines is 2. The lowest BCUT2D eigenvalue weighted by Crippen LogP contribution is -2.35. The first-order chi connectivity index (χ1) is 11.6. The molecule has 0 atom stereocenters. The van der Waals surface area contributed by atoms with E-state index in [1.165, 1.54) is 45.3 Å². The maximum Gasteiger partial charge on any atom is 0.222 e. The van der Waals surface area contributed by atoms with Gasteiger partial charge in [-0.3, -0.25) is 0 Å². The molecule has 1 aromatic heterocycles. The quantitative estimate of drug-likeness (QED) is 0.757. The van der Waals surface area contributed by atoms with Gasteiger partial charge in [-0.1, -0.05) is 12.8 Å². The van der Waals surface area contributed by atoms with Crippen LogP contribution in [0.15, 0.2) is 6.07 Å². The van der Waals surface area contributed by atoms with Crippen molar-refractivity contribution < 1.29 is 0 Å². The summed E-state index contributed by atoms with van der Waals surface area (Å²) in [4.78, 5) is 13.6. The van der Waals surface area contributed by atoms with E-state index in [4.69, 9.17) is 11.5 Å². The number of rotatable bonds is 6. The fourth-order valence-corrected chi connectivity index (χ4v) is 3.79. The van der Waals surface area contributed by atoms with Gasteiger partial charge in [0.1, 0.15) is 5.82 Å². The Balaban J connectivity index is 0.00000169. The van der Waals surface area contributed by atoms with Gasteiger partial charge in [0.25, 0.3) is 0 Å². The van der Waals surface area contributed by atoms with Crippen LogP contribution in [0, 0.1) is 0 Å². The molecule has 150 valence electrons. The molecule has 6 nitrogen and oxygen atoms in total. The third-order valence-corrected chi connectivity index (χ3v) is 5.40. The van der Waals surface area contributed by atoms with Crippen LogP contribution >= 0.6 is 24.8 Å². The van der Waals surface area contributed by atoms with E-state index in [0.717, 1.165) is 37.3 Å². The van der Waals surface area contributed by atoms with E-state index in [2.05, 4.69) is 32.9 Å². The third kappa shape index (κ3) is 6.41. The molecule has 1 aromatic rings. The smallest absolute Gasteiger partial charge is 0.222 e. The fourth-order valence-electron chi connectivity index (χ4n) is 3.79. The largest absolute Gasteiger partial charge is 0.368 e. The molecule has 0 amide bonds. The van der Waals surface area contributed by atoms with Crippen LogP contribution < -0.4 is 16.4 Å². The zero-order chi connectivity index (χ0) is 16.9. The van der Waals surface area contributed by atoms with Crippen molar-refractivity contribution in [3.8, 4) is 0 Å². The first kappa shape index (κ1) is 23.2. The van der Waals surface area contributed by atoms with Crippen molar-refractivity contribution in [1.29, 1.82) is 0 Å². The summed E-state index contributed by atoms with van der Waals surface area (Å²) in [5, 5.41) is 0. The fraction of sp³-hybridized carbons (Fsp3) is 0.778. The highest BCUT2D eigenvalue weighted by molar-refractivity contribution is 5.85. The first-order valence-electron chi connectivity index (χ1n) is 9.45. The first-order valence-corrected chi connectivity index (χ1v) is 9.45. The Morgan fingerprint density at radius 1 is 1.12 bits per heavy atom. The van der Waals surface area contributed by atoms with Gasteiger partial charge in [0, 0.05) is 31.6 Å². The van der Waals surface area contributed by atoms with Gasteiger partial charge >= 0.3 is 0 Å². The molecule has 2 aliphatic rings. The normalized spacial score (nSPS) is 23.2. The van der Waals surface area contributed by atoms with Crippen LogP contribution in [-0.2, 0) is 0 Å². The monoisotopic (exact) mass is 404 g/mol. The molecule has 1 aliphatic carbocycles. The van der Waals surface area contributed by atoms with E-state index in [-0.39, 0.29) is 24.8 Å². The minimum Gasteiger partial charge on any atom is -0.368 e. The topological polar surface area (TPSA) is 84.3 Å². The Morgan fingerprint density at radius 3 is 2.38 bits per heavy atom. The van der Waals surface area contributed by atoms with Crippen LogP contribution in [0.5, 0.6) is 0 Å². The summed E-state index contributed by atoms with van der Waals surface area (Å²) in [5.41, 5.74) is 12.9. The van der Waals surface area contributed by atoms with Crippen LogP contribution in [0.1, 0.15) is 56.6 Å². The summed E-state index contributed by atoms with van der Waals surface area (Å²) in [5.74, 6) is 1.77. The predicted octanol–water partition coefficient (Wildman–Crippen LogP) is 2.81. The van der Waals surface area contributed by atoms with Gasteiger partial charge in [-0.15, -0.1) is 24.8 Å². The molecule has 1 saturated carbocycles. The molecule has 26 heavy (non-hydrogen) atoms. The van der Waals surface area contributed by atoms with Crippen LogP contribution in [0.25, 0.3) is 0 Å². The van der Waals surface area contributed by atoms with Gasteiger partial charge in [0.15, 0.2) is 0 Å². The molecule has 4 N–H and O–H groups in total. The lowest BCUT2D eigenvalue weighted by molar-refractivity contribution is 0.283. The van der Waals surface area contributed by atoms with Gasteiger partial charge in [-0.2, -0.15) is 4.98 Å². The molecule has 1 aliphatic heterocycles. The second-order valence-electron chi connectivity index (χ2n) is 7.47. The summed E-state index contributed by atoms with van der Waals surface area (Å²) in [6.45, 7) is 4.69. The lowest BCUT2D eigenvalue weighted by Gasteiger charge is -2.32. The SMILES string of the molecule is CN(CCCN1CCCCCC1)c1cc(C2CC(N)C2)nc(N)n1.Cl.Cl. The minimum atomic E-state index is 0. The summed E-state index contributed by atoms with van der Waals surface area (Å²) in [7, 11) is 2.10. The van der Waals surface area contributed by atoms with Gasteiger partial charge < -0.3 is 21.3 Å². The van der Waals surface area contributed by atoms with Crippen molar-refractivity contribution in [2.75, 3.05) is 43.9 Å². The van der Waals surface area contributed by atoms with E-state index in [0.29, 0.717) is 17.9 Å². The van der Waals surface area contributed by atoms with E-state index < -0.39 is 0 Å². The van der Waals surface area contributed by atoms with Crippen LogP contribution in [-0.4, -0.2) is 54.1 Å². The zero-order valence-corrected chi connectivity index (χ0v) is 17.4. The number of hydrogen-bond acceptors (Lipinski definition) is 6. The molecule has 2 heterocycles. The maximum atomic E-state index is 5.92. The molecule has 0 radical (unpaired) electrons. The Hall–Kier alpha value is -0.820. The van der Waals surface area contributed by atoms with Crippen molar-refractivity contribution in [2.45, 2.75) is 56.9 Å². The molecule has 2 fully saturated rings. The molecule has 0 unspecified atom stereocenters. The van der Waals surface area contributed by atoms with E-state index >= 15 is 0 Å². The van der Waals surface area contributed by atoms with Gasteiger partial charge in [-0.05, 0) is 51.7 Å². The molecule has 1 saturated heterocycles. The number of halogens is 2. The highest BCUT2D eigenvalue weighted by atomic mass is 35.5. The Kier molecular flexibility index (Phi) is 9.93. The van der Waals surface area contributed by atoms with Gasteiger partial charge in [0.05, 0.1) is 5.69 Å². The van der Waals surface area contributed by atoms with E-state index in [9.17, 15) is 0 Å². The molecule has 0 spiro atoms. The average Bonchev–Trinajstić information content (AvgIpc) is 2.80. The Morgan fingerprint density at radius 2 is 1.77 bits per heavy atom. The number of likely N-dealkylation sites (tertiary alicyclic amines) is 1. The van der Waals surface area contributed by atoms with Crippen LogP contribution in [0.2, 0.25) is 0 Å². The summed E-state index contributed by atoms with van der Waals surface area (Å²) in [6, 6.07) is 2.42. The van der Waals surface area contributed by atoms with Crippen LogP contribution in [0.3, 0.4) is 0 Å². The summed E-state index contributed by atoms with van der Waals surface area (Å²) >= 11 is 0. The summed E-state index contributed by atoms with van der Waals surface area (Å²) in [6.07, 6.45) is 8.66. The second-order valence-corrected chi connectivity index (χ2v) is 7.47. The molecular weight excluding hydrogens is 371 g/mol. The van der Waals surface area contributed by atoms with Crippen molar-refractivity contribution in [3.05, 3.63) is 11.8 Å². The van der Waals surface area contributed by atoms with Crippen molar-refractivity contribution in [2.24, 2.45) is 5.73 Å². The standard InChI is InChI=1S/C18H32N6.2ClH/c1-23(7-6-10-24-8-4-2-3-5-9-24)17-13-16(21-18(20)22-17)14-11-15(19)12-14;;/h13-15H,2-12,19H2,1H3,(H2,20,21,22);2*1H. The van der Waals surface area contributed by atoms with Gasteiger partial charge in [-0.25, -0.2) is 4.98 Å². The van der Waals surface area contributed by atoms with Gasteiger partial charge in [0.2, 0.25) is 5.95 Å². The number of nitrogens with zero attached hydrogens (tertiary/aromatic N) is 4. The minimum absolute atomic E-state index is 0. The van der Waals surface area contributed by atoms with Crippen LogP contribution in [0.4, 0.5) is 11.8 Å². The maximum absolute atomic E-state index is 5.92. The Bertz CT molecular complexity index is 530. The average molecular weight is 405 g/mol. The number of nitrogens with two attached hydrogens (primary N) is 2. The molecular formula is C18H34Cl2N6. The molecule has 0 aromatic carbocycles. The molecule has 0 bridgehead atoms. The highest BCUT2D eigenvalue weighted by Crippen LogP contribution is 2.35. The van der Waals surface area contributed by atoms with Crippen molar-refractivity contribution >= 4 is 36.6 Å². The zero-order valence-electron chi connectivity index (χ0n) is 15.8. The number of aromatic nitrogens is 2. The second kappa shape index (κ2) is 11.1. The third-order valence-electron chi connectivity index (χ3n) is 5.40. The molecule has 3 rings (SSSR count).